The van der Waals surface area contributed by atoms with Crippen LogP contribution in [-0.2, 0) is 0 Å². The summed E-state index contributed by atoms with van der Waals surface area (Å²) in [5.74, 6) is 0. The van der Waals surface area contributed by atoms with Gasteiger partial charge >= 0.3 is 75.5 Å². The van der Waals surface area contributed by atoms with Gasteiger partial charge in [0.25, 0.3) is 0 Å². The first-order valence-corrected chi connectivity index (χ1v) is 0.507. The fourth-order valence-corrected chi connectivity index (χ4v) is 0. The molecule has 0 aliphatic heterocycles. The Hall–Kier alpha value is 2.73. The number of rotatable bonds is 0. The average molecular weight is 155 g/mol. The summed E-state index contributed by atoms with van der Waals surface area (Å²) in [6.07, 6.45) is 0. The Kier molecular flexibility index (Phi) is 149. The Morgan fingerprint density at radius 3 is 1.20 bits per heavy atom. The minimum absolute atomic E-state index is 0. The van der Waals surface area contributed by atoms with E-state index in [0.717, 1.165) is 0 Å². The molecule has 0 radical (unpaired) electrons. The zero-order valence-corrected chi connectivity index (χ0v) is 7.91. The molecule has 0 spiro atoms. The standard InChI is InChI=1S/2Ca.ClHO.H2O.4H/c;;1-2;;;;;/h;;2H;1H2;;;;/q2*+2;;;4*-1. The van der Waals surface area contributed by atoms with Crippen LogP contribution in [0.25, 0.3) is 0 Å². The predicted octanol–water partition coefficient (Wildman–Crippen LogP) is -1.00. The molecular weight excluding hydrogens is 148 g/mol. The minimum Gasteiger partial charge on any atom is -1.00 e. The molecule has 5 heteroatoms. The molecule has 5 heavy (non-hydrogen) atoms. The molecule has 0 unspecified atom stereocenters. The van der Waals surface area contributed by atoms with Gasteiger partial charge in [0.2, 0.25) is 0 Å². The van der Waals surface area contributed by atoms with E-state index >= 15 is 0 Å². The maximum absolute atomic E-state index is 6.47. The van der Waals surface area contributed by atoms with Crippen LogP contribution in [-0.4, -0.2) is 85.6 Å². The van der Waals surface area contributed by atoms with Crippen LogP contribution in [0.4, 0.5) is 0 Å². The summed E-state index contributed by atoms with van der Waals surface area (Å²) < 4.78 is 6.47. The van der Waals surface area contributed by atoms with Crippen molar-refractivity contribution >= 4 is 87.3 Å². The Bertz CT molecular complexity index is 16.5. The number of hydrogen-bond donors (Lipinski definition) is 1. The molecular formula is H7Ca2ClO2. The van der Waals surface area contributed by atoms with Crippen molar-refractivity contribution < 1.29 is 15.8 Å². The molecule has 0 aromatic carbocycles. The van der Waals surface area contributed by atoms with E-state index < -0.39 is 0 Å². The zero-order valence-electron chi connectivity index (χ0n) is 6.74. The monoisotopic (exact) mass is 154 g/mol. The molecule has 0 bridgehead atoms. The molecule has 3 N–H and O–H groups in total. The van der Waals surface area contributed by atoms with Gasteiger partial charge < -0.3 is 11.2 Å². The summed E-state index contributed by atoms with van der Waals surface area (Å²) in [5.41, 5.74) is 0. The molecule has 0 aliphatic rings. The Morgan fingerprint density at radius 1 is 1.20 bits per heavy atom. The maximum atomic E-state index is 6.47. The van der Waals surface area contributed by atoms with Crippen molar-refractivity contribution in [2.45, 2.75) is 0 Å². The third kappa shape index (κ3) is 20.2. The largest absolute Gasteiger partial charge is 2.00 e. The van der Waals surface area contributed by atoms with E-state index in [2.05, 4.69) is 11.9 Å². The van der Waals surface area contributed by atoms with Gasteiger partial charge in [-0.05, 0) is 0 Å². The van der Waals surface area contributed by atoms with E-state index in [1.165, 1.54) is 0 Å². The van der Waals surface area contributed by atoms with Crippen molar-refractivity contribution in [2.75, 3.05) is 0 Å². The van der Waals surface area contributed by atoms with Crippen molar-refractivity contribution in [2.24, 2.45) is 0 Å². The molecule has 0 saturated carbocycles. The van der Waals surface area contributed by atoms with Gasteiger partial charge in [-0.25, -0.2) is 0 Å². The molecule has 0 saturated heterocycles. The Balaban J connectivity index is -0.000000000238. The van der Waals surface area contributed by atoms with E-state index in [9.17, 15) is 0 Å². The second-order valence-corrected chi connectivity index (χ2v) is 0. The van der Waals surface area contributed by atoms with Crippen molar-refractivity contribution in [1.82, 2.24) is 0 Å². The quantitative estimate of drug-likeness (QED) is 0.447. The summed E-state index contributed by atoms with van der Waals surface area (Å²) in [6, 6.07) is 0. The molecule has 0 fully saturated rings. The first-order valence-electron chi connectivity index (χ1n) is 0.169. The van der Waals surface area contributed by atoms with E-state index in [-0.39, 0.29) is 86.7 Å². The van der Waals surface area contributed by atoms with Crippen LogP contribution >= 0.6 is 11.9 Å². The molecule has 0 rings (SSSR count). The van der Waals surface area contributed by atoms with Gasteiger partial charge in [0.15, 0.2) is 0 Å². The molecule has 0 atom stereocenters. The van der Waals surface area contributed by atoms with Gasteiger partial charge in [0.05, 0.1) is 11.9 Å². The molecule has 2 nitrogen and oxygen atoms in total. The average Bonchev–Trinajstić information content (AvgIpc) is 1.00. The molecule has 30 valence electrons. The second-order valence-electron chi connectivity index (χ2n) is 0. The van der Waals surface area contributed by atoms with Gasteiger partial charge in [-0.2, -0.15) is 0 Å². The van der Waals surface area contributed by atoms with E-state index in [0.29, 0.717) is 0 Å². The Labute approximate surface area is 101 Å². The van der Waals surface area contributed by atoms with Crippen molar-refractivity contribution in [3.8, 4) is 0 Å². The van der Waals surface area contributed by atoms with Crippen LogP contribution in [0.5, 0.6) is 0 Å². The van der Waals surface area contributed by atoms with Gasteiger partial charge in [0.1, 0.15) is 0 Å². The molecule has 0 aromatic rings. The minimum atomic E-state index is 0. The normalized spacial score (nSPS) is 1.20. The molecule has 0 aliphatic carbocycles. The fraction of sp³-hybridized carbons (Fsp3) is 0. The molecule has 0 heterocycles. The SMILES string of the molecule is O.OCl.[Ca+2].[Ca+2].[H-].[H-].[H-].[H-]. The topological polar surface area (TPSA) is 51.7 Å². The second kappa shape index (κ2) is 29.7. The first-order chi connectivity index (χ1) is 1.00. The van der Waals surface area contributed by atoms with E-state index in [1.54, 1.807) is 0 Å². The third-order valence-corrected chi connectivity index (χ3v) is 0. The van der Waals surface area contributed by atoms with Crippen molar-refractivity contribution in [3.05, 3.63) is 0 Å². The third-order valence-electron chi connectivity index (χ3n) is 0. The van der Waals surface area contributed by atoms with Crippen LogP contribution in [0.2, 0.25) is 0 Å². The summed E-state index contributed by atoms with van der Waals surface area (Å²) >= 11 is 3.64. The number of halogens is 1. The van der Waals surface area contributed by atoms with Crippen molar-refractivity contribution in [3.63, 3.8) is 0 Å². The van der Waals surface area contributed by atoms with E-state index in [4.69, 9.17) is 4.66 Å². The maximum Gasteiger partial charge on any atom is 2.00 e. The Morgan fingerprint density at radius 2 is 1.20 bits per heavy atom. The van der Waals surface area contributed by atoms with Gasteiger partial charge in [-0.15, -0.1) is 0 Å². The van der Waals surface area contributed by atoms with Gasteiger partial charge in [-0.1, -0.05) is 0 Å². The van der Waals surface area contributed by atoms with Gasteiger partial charge in [-0.3, -0.25) is 4.66 Å². The van der Waals surface area contributed by atoms with Gasteiger partial charge in [0, 0.05) is 0 Å². The zero-order chi connectivity index (χ0) is 2.00. The van der Waals surface area contributed by atoms with Crippen LogP contribution in [0.15, 0.2) is 0 Å². The number of hydrogen-bond acceptors (Lipinski definition) is 1. The summed E-state index contributed by atoms with van der Waals surface area (Å²) in [7, 11) is 0. The fourth-order valence-electron chi connectivity index (χ4n) is 0. The summed E-state index contributed by atoms with van der Waals surface area (Å²) in [4.78, 5) is 0. The molecule has 0 amide bonds. The van der Waals surface area contributed by atoms with E-state index in [1.807, 2.05) is 0 Å². The van der Waals surface area contributed by atoms with Crippen LogP contribution in [0.3, 0.4) is 0 Å². The summed E-state index contributed by atoms with van der Waals surface area (Å²) in [6.45, 7) is 0. The first kappa shape index (κ1) is 25.2. The van der Waals surface area contributed by atoms with Crippen LogP contribution in [0, 0.1) is 0 Å². The van der Waals surface area contributed by atoms with Crippen molar-refractivity contribution in [1.29, 1.82) is 0 Å². The smallest absolute Gasteiger partial charge is 1.00 e. The van der Waals surface area contributed by atoms with Crippen LogP contribution in [0.1, 0.15) is 5.71 Å². The molecule has 0 aromatic heterocycles. The van der Waals surface area contributed by atoms with Crippen LogP contribution < -0.4 is 0 Å². The predicted molar refractivity (Wildman–Crippen MR) is 27.6 cm³/mol. The summed E-state index contributed by atoms with van der Waals surface area (Å²) in [5, 5.41) is 0.